The molecule has 0 radical (unpaired) electrons. The van der Waals surface area contributed by atoms with Gasteiger partial charge >= 0.3 is 0 Å². The Balaban J connectivity index is 1.80. The van der Waals surface area contributed by atoms with Crippen LogP contribution in [-0.2, 0) is 9.53 Å². The summed E-state index contributed by atoms with van der Waals surface area (Å²) in [5.41, 5.74) is 2.70. The van der Waals surface area contributed by atoms with Gasteiger partial charge in [0.1, 0.15) is 12.4 Å². The molecule has 3 aliphatic rings. The van der Waals surface area contributed by atoms with Crippen molar-refractivity contribution in [1.82, 2.24) is 0 Å². The predicted octanol–water partition coefficient (Wildman–Crippen LogP) is 4.56. The van der Waals surface area contributed by atoms with Gasteiger partial charge in [-0.25, -0.2) is 0 Å². The van der Waals surface area contributed by atoms with Crippen molar-refractivity contribution in [3.63, 3.8) is 0 Å². The van der Waals surface area contributed by atoms with Gasteiger partial charge in [-0.2, -0.15) is 0 Å². The average Bonchev–Trinajstić information content (AvgIpc) is 3.30. The third kappa shape index (κ3) is 2.95. The molecule has 2 aliphatic carbocycles. The quantitative estimate of drug-likeness (QED) is 0.330. The maximum absolute atomic E-state index is 11.2. The smallest absolute Gasteiger partial charge is 0.148 e. The molecule has 0 bridgehead atoms. The van der Waals surface area contributed by atoms with Crippen LogP contribution in [0.3, 0.4) is 0 Å². The first-order valence-electron chi connectivity index (χ1n) is 8.88. The number of aldehydes is 1. The van der Waals surface area contributed by atoms with E-state index in [1.807, 2.05) is 0 Å². The van der Waals surface area contributed by atoms with E-state index < -0.39 is 0 Å². The number of hydrogen-bond acceptors (Lipinski definition) is 2. The first kappa shape index (κ1) is 16.0. The summed E-state index contributed by atoms with van der Waals surface area (Å²) >= 11 is 0. The van der Waals surface area contributed by atoms with E-state index in [0.717, 1.165) is 42.5 Å². The summed E-state index contributed by atoms with van der Waals surface area (Å²) < 4.78 is 5.27. The molecule has 0 N–H and O–H groups in total. The molecule has 122 valence electrons. The van der Waals surface area contributed by atoms with Crippen LogP contribution in [0.1, 0.15) is 52.9 Å². The van der Waals surface area contributed by atoms with Crippen LogP contribution in [0.4, 0.5) is 0 Å². The number of hydrogen-bond donors (Lipinski definition) is 0. The van der Waals surface area contributed by atoms with Crippen molar-refractivity contribution in [2.75, 3.05) is 6.61 Å². The van der Waals surface area contributed by atoms with E-state index >= 15 is 0 Å². The fourth-order valence-electron chi connectivity index (χ4n) is 5.04. The molecule has 1 saturated heterocycles. The predicted molar refractivity (Wildman–Crippen MR) is 89.5 cm³/mol. The van der Waals surface area contributed by atoms with Crippen LogP contribution < -0.4 is 0 Å². The largest absolute Gasteiger partial charge is 0.368 e. The zero-order valence-electron chi connectivity index (χ0n) is 14.3. The summed E-state index contributed by atoms with van der Waals surface area (Å²) in [6.07, 6.45) is 9.29. The van der Waals surface area contributed by atoms with Gasteiger partial charge in [0.15, 0.2) is 0 Å². The lowest BCUT2D eigenvalue weighted by Crippen LogP contribution is -2.45. The van der Waals surface area contributed by atoms with Gasteiger partial charge in [0.25, 0.3) is 0 Å². The summed E-state index contributed by atoms with van der Waals surface area (Å²) in [5, 5.41) is 0. The molecular formula is C20H30O2. The monoisotopic (exact) mass is 302 g/mol. The van der Waals surface area contributed by atoms with Crippen molar-refractivity contribution in [2.45, 2.75) is 59.0 Å². The lowest BCUT2D eigenvalue weighted by Gasteiger charge is -2.53. The fraction of sp³-hybridized carbons (Fsp3) is 0.750. The molecule has 3 rings (SSSR count). The zero-order chi connectivity index (χ0) is 15.9. The van der Waals surface area contributed by atoms with Crippen molar-refractivity contribution >= 4 is 6.29 Å². The van der Waals surface area contributed by atoms with Crippen LogP contribution in [0.2, 0.25) is 0 Å². The van der Waals surface area contributed by atoms with Crippen molar-refractivity contribution in [3.8, 4) is 0 Å². The molecule has 3 fully saturated rings. The SMILES string of the molecule is C=C1CCC2C(C1C/C=C(/C=O)C1CO1)[C@@H](C)CCC2(C)C. The van der Waals surface area contributed by atoms with Crippen LogP contribution in [0.15, 0.2) is 23.8 Å². The van der Waals surface area contributed by atoms with E-state index in [1.165, 1.54) is 24.8 Å². The molecule has 0 aromatic carbocycles. The summed E-state index contributed by atoms with van der Waals surface area (Å²) in [7, 11) is 0. The minimum atomic E-state index is 0.0744. The highest BCUT2D eigenvalue weighted by atomic mass is 16.6. The van der Waals surface area contributed by atoms with Crippen LogP contribution in [0, 0.1) is 29.1 Å². The van der Waals surface area contributed by atoms with Crippen LogP contribution in [-0.4, -0.2) is 19.0 Å². The van der Waals surface area contributed by atoms with Gasteiger partial charge in [-0.3, -0.25) is 4.79 Å². The van der Waals surface area contributed by atoms with E-state index in [-0.39, 0.29) is 6.10 Å². The number of epoxide rings is 1. The van der Waals surface area contributed by atoms with Gasteiger partial charge in [-0.15, -0.1) is 0 Å². The number of fused-ring (bicyclic) bond motifs is 1. The summed E-state index contributed by atoms with van der Waals surface area (Å²) in [6, 6.07) is 0. The first-order chi connectivity index (χ1) is 10.4. The molecule has 22 heavy (non-hydrogen) atoms. The second-order valence-corrected chi connectivity index (χ2v) is 8.37. The van der Waals surface area contributed by atoms with E-state index in [2.05, 4.69) is 33.4 Å². The standard InChI is InChI=1S/C20H30O2/c1-13-5-8-17-19(14(2)9-10-20(17,3)4)16(13)7-6-15(11-21)18-12-22-18/h6,11,14,16-19H,1,5,7-10,12H2,2-4H3/b15-6-/t14-,16?,17?,18?,19?/m0/s1. The molecule has 0 spiro atoms. The van der Waals surface area contributed by atoms with Gasteiger partial charge in [0, 0.05) is 5.57 Å². The summed E-state index contributed by atoms with van der Waals surface area (Å²) in [4.78, 5) is 11.2. The number of allylic oxidation sites excluding steroid dienone is 2. The fourth-order valence-corrected chi connectivity index (χ4v) is 5.04. The molecule has 1 aliphatic heterocycles. The van der Waals surface area contributed by atoms with Crippen molar-refractivity contribution in [2.24, 2.45) is 29.1 Å². The highest BCUT2D eigenvalue weighted by Gasteiger charge is 2.47. The molecule has 1 heterocycles. The zero-order valence-corrected chi connectivity index (χ0v) is 14.3. The third-order valence-corrected chi connectivity index (χ3v) is 6.58. The Bertz CT molecular complexity index is 484. The van der Waals surface area contributed by atoms with Gasteiger partial charge in [-0.1, -0.05) is 39.0 Å². The van der Waals surface area contributed by atoms with Crippen molar-refractivity contribution in [1.29, 1.82) is 0 Å². The molecule has 2 heteroatoms. The minimum Gasteiger partial charge on any atom is -0.368 e. The van der Waals surface area contributed by atoms with E-state index in [9.17, 15) is 4.79 Å². The molecule has 0 aromatic rings. The highest BCUT2D eigenvalue weighted by Crippen LogP contribution is 2.56. The normalized spacial score (nSPS) is 41.0. The maximum Gasteiger partial charge on any atom is 0.148 e. The molecule has 4 unspecified atom stereocenters. The molecule has 5 atom stereocenters. The first-order valence-corrected chi connectivity index (χ1v) is 8.88. The highest BCUT2D eigenvalue weighted by molar-refractivity contribution is 5.75. The lowest BCUT2D eigenvalue weighted by atomic mass is 9.51. The number of rotatable bonds is 4. The average molecular weight is 302 g/mol. The number of ether oxygens (including phenoxy) is 1. The minimum absolute atomic E-state index is 0.0744. The van der Waals surface area contributed by atoms with E-state index in [4.69, 9.17) is 4.74 Å². The van der Waals surface area contributed by atoms with E-state index in [1.54, 1.807) is 0 Å². The van der Waals surface area contributed by atoms with Crippen molar-refractivity contribution in [3.05, 3.63) is 23.8 Å². The Kier molecular flexibility index (Phi) is 4.33. The molecule has 2 saturated carbocycles. The topological polar surface area (TPSA) is 29.6 Å². The van der Waals surface area contributed by atoms with Gasteiger partial charge in [0.05, 0.1) is 6.61 Å². The molecule has 0 aromatic heterocycles. The van der Waals surface area contributed by atoms with Crippen molar-refractivity contribution < 1.29 is 9.53 Å². The van der Waals surface area contributed by atoms with Crippen LogP contribution in [0.25, 0.3) is 0 Å². The molecule has 2 nitrogen and oxygen atoms in total. The summed E-state index contributed by atoms with van der Waals surface area (Å²) in [5.74, 6) is 2.85. The van der Waals surface area contributed by atoms with Crippen LogP contribution >= 0.6 is 0 Å². The third-order valence-electron chi connectivity index (χ3n) is 6.58. The Morgan fingerprint density at radius 1 is 1.41 bits per heavy atom. The Morgan fingerprint density at radius 3 is 2.77 bits per heavy atom. The summed E-state index contributed by atoms with van der Waals surface area (Å²) in [6.45, 7) is 12.4. The van der Waals surface area contributed by atoms with Gasteiger partial charge < -0.3 is 4.74 Å². The molecular weight excluding hydrogens is 272 g/mol. The molecule has 0 amide bonds. The van der Waals surface area contributed by atoms with E-state index in [0.29, 0.717) is 17.9 Å². The van der Waals surface area contributed by atoms with Gasteiger partial charge in [-0.05, 0) is 61.2 Å². The number of carbonyl (C=O) groups is 1. The second-order valence-electron chi connectivity index (χ2n) is 8.37. The Morgan fingerprint density at radius 2 is 2.14 bits per heavy atom. The Hall–Kier alpha value is -0.890. The maximum atomic E-state index is 11.2. The number of carbonyl (C=O) groups excluding carboxylic acids is 1. The lowest BCUT2D eigenvalue weighted by molar-refractivity contribution is -0.105. The Labute approximate surface area is 135 Å². The second kappa shape index (κ2) is 5.96. The van der Waals surface area contributed by atoms with Gasteiger partial charge in [0.2, 0.25) is 0 Å². The van der Waals surface area contributed by atoms with Crippen LogP contribution in [0.5, 0.6) is 0 Å².